The number of hydrogen-bond acceptors (Lipinski definition) is 8. The first kappa shape index (κ1) is 24.8. The summed E-state index contributed by atoms with van der Waals surface area (Å²) in [5, 5.41) is 4.41. The van der Waals surface area contributed by atoms with Crippen molar-refractivity contribution in [3.8, 4) is 11.4 Å². The molecule has 9 nitrogen and oxygen atoms in total. The molecule has 0 fully saturated rings. The normalized spacial score (nSPS) is 18.1. The molecular weight excluding hydrogens is 472 g/mol. The fraction of sp³-hybridized carbons (Fsp3) is 0.429. The Morgan fingerprint density at radius 1 is 1.27 bits per heavy atom. The van der Waals surface area contributed by atoms with Crippen LogP contribution in [0.25, 0.3) is 22.3 Å². The van der Waals surface area contributed by atoms with E-state index in [-0.39, 0.29) is 24.0 Å². The number of carbonyl (C=O) groups is 2. The molecule has 3 aromatic rings. The minimum atomic E-state index is -1.67. The van der Waals surface area contributed by atoms with Gasteiger partial charge in [0.1, 0.15) is 6.61 Å². The van der Waals surface area contributed by atoms with Crippen LogP contribution in [0.5, 0.6) is 0 Å². The Morgan fingerprint density at radius 3 is 2.70 bits per heavy atom. The maximum absolute atomic E-state index is 13.7. The average Bonchev–Trinajstić information content (AvgIpc) is 3.19. The van der Waals surface area contributed by atoms with E-state index < -0.39 is 17.5 Å². The number of nitrogens with one attached hydrogen (secondary N) is 1. The average molecular weight is 505 g/mol. The third-order valence-corrected chi connectivity index (χ3v) is 7.21. The van der Waals surface area contributed by atoms with Crippen molar-refractivity contribution < 1.29 is 19.1 Å². The Hall–Kier alpha value is -3.88. The van der Waals surface area contributed by atoms with E-state index in [9.17, 15) is 14.4 Å². The molecular formula is C28H32N4O5. The molecule has 0 bridgehead atoms. The molecule has 9 heteroatoms. The number of nitrogens with two attached hydrogens (primary N) is 1. The van der Waals surface area contributed by atoms with Gasteiger partial charge in [0, 0.05) is 35.7 Å². The van der Waals surface area contributed by atoms with Crippen molar-refractivity contribution in [1.29, 1.82) is 0 Å². The minimum absolute atomic E-state index is 0.134. The number of ether oxygens (including phenoxy) is 2. The molecule has 0 saturated heterocycles. The molecule has 5 rings (SSSR count). The molecule has 4 heterocycles. The summed E-state index contributed by atoms with van der Waals surface area (Å²) in [6.07, 6.45) is 1.07. The van der Waals surface area contributed by atoms with Crippen molar-refractivity contribution in [2.75, 3.05) is 17.6 Å². The number of carbonyl (C=O) groups excluding carboxylic acids is 2. The third-order valence-electron chi connectivity index (χ3n) is 7.21. The van der Waals surface area contributed by atoms with Gasteiger partial charge in [0.2, 0.25) is 5.60 Å². The van der Waals surface area contributed by atoms with E-state index in [4.69, 9.17) is 20.2 Å². The summed E-state index contributed by atoms with van der Waals surface area (Å²) >= 11 is 0. The van der Waals surface area contributed by atoms with Crippen molar-refractivity contribution in [2.45, 2.75) is 66.2 Å². The lowest BCUT2D eigenvalue weighted by Gasteiger charge is -2.35. The first-order valence-corrected chi connectivity index (χ1v) is 12.6. The monoisotopic (exact) mass is 504 g/mol. The number of benzene rings is 1. The Kier molecular flexibility index (Phi) is 5.77. The zero-order chi connectivity index (χ0) is 26.7. The lowest BCUT2D eigenvalue weighted by atomic mass is 9.85. The number of anilines is 2. The van der Waals surface area contributed by atoms with Crippen LogP contribution >= 0.6 is 0 Å². The van der Waals surface area contributed by atoms with E-state index in [0.717, 1.165) is 29.6 Å². The van der Waals surface area contributed by atoms with Gasteiger partial charge in [-0.3, -0.25) is 9.59 Å². The van der Waals surface area contributed by atoms with Crippen LogP contribution in [0.15, 0.2) is 29.1 Å². The number of pyridine rings is 2. The first-order chi connectivity index (χ1) is 17.5. The van der Waals surface area contributed by atoms with Gasteiger partial charge in [-0.1, -0.05) is 33.8 Å². The molecule has 2 aromatic heterocycles. The number of rotatable bonds is 5. The molecule has 0 unspecified atom stereocenters. The minimum Gasteiger partial charge on any atom is -0.457 e. The molecule has 2 aliphatic rings. The standard InChI is InChI=1S/C28H32N4O5/c1-6-28(37-15(2)33)18-12-21-23-16(13-32(21)25(34)17(18)14-36-26(28)35)24(30-11-10-27(3,4)5)22-19(29)8-7-9-20(22)31-23/h7-9,12H,6,10-11,13-14,29H2,1-5H3,(H,30,31)/t28-/m0/s1. The van der Waals surface area contributed by atoms with Gasteiger partial charge in [-0.15, -0.1) is 0 Å². The van der Waals surface area contributed by atoms with E-state index in [1.54, 1.807) is 17.6 Å². The molecule has 37 heavy (non-hydrogen) atoms. The summed E-state index contributed by atoms with van der Waals surface area (Å²) in [4.78, 5) is 43.6. The lowest BCUT2D eigenvalue weighted by molar-refractivity contribution is -0.188. The number of cyclic esters (lactones) is 1. The van der Waals surface area contributed by atoms with Gasteiger partial charge in [0.05, 0.1) is 34.7 Å². The van der Waals surface area contributed by atoms with Gasteiger partial charge >= 0.3 is 11.9 Å². The number of esters is 2. The molecule has 0 amide bonds. The van der Waals surface area contributed by atoms with Gasteiger partial charge < -0.3 is 25.1 Å². The van der Waals surface area contributed by atoms with Crippen LogP contribution in [0.3, 0.4) is 0 Å². The SMILES string of the molecule is CC[C@@]1(OC(C)=O)C(=O)OCc2c1cc1n(c2=O)Cc2c-1nc1cccc(N)c1c2NCCC(C)(C)C. The van der Waals surface area contributed by atoms with Crippen molar-refractivity contribution >= 4 is 34.2 Å². The first-order valence-electron chi connectivity index (χ1n) is 12.6. The highest BCUT2D eigenvalue weighted by Gasteiger charge is 2.50. The molecule has 3 N–H and O–H groups in total. The van der Waals surface area contributed by atoms with Crippen molar-refractivity contribution in [1.82, 2.24) is 9.55 Å². The highest BCUT2D eigenvalue weighted by molar-refractivity contribution is 6.04. The van der Waals surface area contributed by atoms with Crippen LogP contribution in [0.2, 0.25) is 0 Å². The Bertz CT molecular complexity index is 1520. The summed E-state index contributed by atoms with van der Waals surface area (Å²) in [6, 6.07) is 7.35. The number of nitrogens with zero attached hydrogens (tertiary/aromatic N) is 2. The number of fused-ring (bicyclic) bond motifs is 5. The fourth-order valence-electron chi connectivity index (χ4n) is 5.32. The molecule has 0 spiro atoms. The lowest BCUT2D eigenvalue weighted by Crippen LogP contribution is -2.47. The molecule has 1 aromatic carbocycles. The summed E-state index contributed by atoms with van der Waals surface area (Å²) < 4.78 is 12.5. The molecule has 0 radical (unpaired) electrons. The van der Waals surface area contributed by atoms with E-state index >= 15 is 0 Å². The molecule has 194 valence electrons. The van der Waals surface area contributed by atoms with Crippen LogP contribution < -0.4 is 16.6 Å². The second-order valence-electron chi connectivity index (χ2n) is 11.0. The fourth-order valence-corrected chi connectivity index (χ4v) is 5.32. The summed E-state index contributed by atoms with van der Waals surface area (Å²) in [7, 11) is 0. The summed E-state index contributed by atoms with van der Waals surface area (Å²) in [5.74, 6) is -1.30. The Balaban J connectivity index is 1.74. The van der Waals surface area contributed by atoms with Gasteiger partial charge in [-0.2, -0.15) is 0 Å². The van der Waals surface area contributed by atoms with Crippen LogP contribution in [-0.4, -0.2) is 28.0 Å². The third kappa shape index (κ3) is 3.93. The van der Waals surface area contributed by atoms with Gasteiger partial charge in [-0.25, -0.2) is 9.78 Å². The van der Waals surface area contributed by atoms with E-state index in [1.807, 2.05) is 18.2 Å². The van der Waals surface area contributed by atoms with Crippen LogP contribution in [-0.2, 0) is 37.8 Å². The smallest absolute Gasteiger partial charge is 0.355 e. The zero-order valence-electron chi connectivity index (χ0n) is 21.9. The summed E-state index contributed by atoms with van der Waals surface area (Å²) in [6.45, 7) is 10.4. The topological polar surface area (TPSA) is 126 Å². The van der Waals surface area contributed by atoms with Crippen molar-refractivity contribution in [3.05, 3.63) is 51.3 Å². The highest BCUT2D eigenvalue weighted by Crippen LogP contribution is 2.44. The van der Waals surface area contributed by atoms with Gasteiger partial charge in [0.25, 0.3) is 5.56 Å². The van der Waals surface area contributed by atoms with Crippen LogP contribution in [0.1, 0.15) is 64.2 Å². The van der Waals surface area contributed by atoms with Crippen molar-refractivity contribution in [3.63, 3.8) is 0 Å². The van der Waals surface area contributed by atoms with Crippen LogP contribution in [0, 0.1) is 5.41 Å². The van der Waals surface area contributed by atoms with Crippen molar-refractivity contribution in [2.24, 2.45) is 5.41 Å². The highest BCUT2D eigenvalue weighted by atomic mass is 16.6. The number of aromatic nitrogens is 2. The Labute approximate surface area is 215 Å². The molecule has 0 aliphatic carbocycles. The quantitative estimate of drug-likeness (QED) is 0.308. The van der Waals surface area contributed by atoms with Gasteiger partial charge in [0.15, 0.2) is 0 Å². The van der Waals surface area contributed by atoms with E-state index in [2.05, 4.69) is 26.1 Å². The second kappa shape index (κ2) is 8.61. The Morgan fingerprint density at radius 2 is 2.03 bits per heavy atom. The predicted octanol–water partition coefficient (Wildman–Crippen LogP) is 4.08. The predicted molar refractivity (Wildman–Crippen MR) is 141 cm³/mol. The molecule has 1 atom stereocenters. The van der Waals surface area contributed by atoms with Gasteiger partial charge in [-0.05, 0) is 36.5 Å². The van der Waals surface area contributed by atoms with E-state index in [1.165, 1.54) is 6.92 Å². The molecule has 0 saturated carbocycles. The van der Waals surface area contributed by atoms with E-state index in [0.29, 0.717) is 40.3 Å². The van der Waals surface area contributed by atoms with Crippen LogP contribution in [0.4, 0.5) is 11.4 Å². The zero-order valence-corrected chi connectivity index (χ0v) is 21.9. The maximum atomic E-state index is 13.7. The second-order valence-corrected chi connectivity index (χ2v) is 11.0. The number of hydrogen-bond donors (Lipinski definition) is 2. The largest absolute Gasteiger partial charge is 0.457 e. The number of nitrogen functional groups attached to an aromatic ring is 1. The maximum Gasteiger partial charge on any atom is 0.355 e. The molecule has 2 aliphatic heterocycles. The summed E-state index contributed by atoms with van der Waals surface area (Å²) in [5.41, 5.74) is 9.49.